The third-order valence-corrected chi connectivity index (χ3v) is 6.60. The zero-order chi connectivity index (χ0) is 22.1. The van der Waals surface area contributed by atoms with Gasteiger partial charge in [-0.15, -0.1) is 0 Å². The highest BCUT2D eigenvalue weighted by Gasteiger charge is 2.35. The van der Waals surface area contributed by atoms with Crippen LogP contribution in [0.4, 0.5) is 13.2 Å². The van der Waals surface area contributed by atoms with Crippen LogP contribution in [0.2, 0.25) is 10.0 Å². The van der Waals surface area contributed by atoms with Gasteiger partial charge in [0, 0.05) is 27.6 Å². The molecule has 1 aliphatic heterocycles. The van der Waals surface area contributed by atoms with Crippen LogP contribution in [0, 0.1) is 12.8 Å². The predicted molar refractivity (Wildman–Crippen MR) is 116 cm³/mol. The molecular formula is C22H17Cl2F3O2S. The summed E-state index contributed by atoms with van der Waals surface area (Å²) in [5.74, 6) is 1.44. The number of hydrogen-bond acceptors (Lipinski definition) is 3. The molecule has 2 nitrogen and oxygen atoms in total. The van der Waals surface area contributed by atoms with Gasteiger partial charge in [-0.25, -0.2) is 0 Å². The van der Waals surface area contributed by atoms with E-state index < -0.39 is 17.5 Å². The van der Waals surface area contributed by atoms with Gasteiger partial charge in [0.1, 0.15) is 0 Å². The first-order valence-electron chi connectivity index (χ1n) is 9.06. The molecule has 0 unspecified atom stereocenters. The fraction of sp³-hybridized carbons (Fsp3) is 0.273. The van der Waals surface area contributed by atoms with Crippen molar-refractivity contribution in [3.05, 3.63) is 74.8 Å². The molecule has 3 rings (SSSR count). The van der Waals surface area contributed by atoms with Crippen molar-refractivity contribution in [3.8, 4) is 0 Å². The standard InChI is InChI=1S/C22H17Cl2F3O2S/c1-12-4-14(2-3-18(12)21(29)5-13-10-30-11-13)20(28)9-19(22(25,26)27)15-6-16(23)8-17(24)7-15/h2-4,6-9,13H,5,10-11H2,1H3/b19-9+. The molecule has 1 saturated heterocycles. The molecule has 0 aromatic heterocycles. The zero-order valence-corrected chi connectivity index (χ0v) is 18.2. The fourth-order valence-corrected chi connectivity index (χ4v) is 4.49. The minimum atomic E-state index is -4.78. The minimum absolute atomic E-state index is 0.0168. The first-order valence-corrected chi connectivity index (χ1v) is 11.0. The zero-order valence-electron chi connectivity index (χ0n) is 15.9. The number of aryl methyl sites for hydroxylation is 1. The van der Waals surface area contributed by atoms with Crippen molar-refractivity contribution in [1.29, 1.82) is 0 Å². The lowest BCUT2D eigenvalue weighted by atomic mass is 9.94. The second kappa shape index (κ2) is 9.16. The third kappa shape index (κ3) is 5.48. The van der Waals surface area contributed by atoms with Crippen LogP contribution in [-0.2, 0) is 0 Å². The minimum Gasteiger partial charge on any atom is -0.294 e. The summed E-state index contributed by atoms with van der Waals surface area (Å²) in [4.78, 5) is 25.0. The summed E-state index contributed by atoms with van der Waals surface area (Å²) < 4.78 is 40.8. The van der Waals surface area contributed by atoms with E-state index in [1.54, 1.807) is 18.7 Å². The number of benzene rings is 2. The van der Waals surface area contributed by atoms with Gasteiger partial charge >= 0.3 is 6.18 Å². The molecule has 0 spiro atoms. The maximum atomic E-state index is 13.6. The van der Waals surface area contributed by atoms with Gasteiger partial charge in [0.05, 0.1) is 5.57 Å². The molecule has 0 atom stereocenters. The molecular weight excluding hydrogens is 456 g/mol. The number of ketones is 2. The SMILES string of the molecule is Cc1cc(C(=O)/C=C(\c2cc(Cl)cc(Cl)c2)C(F)(F)F)ccc1C(=O)CC1CSC1. The molecule has 1 aliphatic rings. The van der Waals surface area contributed by atoms with Crippen LogP contribution in [-0.4, -0.2) is 29.2 Å². The Bertz CT molecular complexity index is 1010. The number of carbonyl (C=O) groups excluding carboxylic acids is 2. The van der Waals surface area contributed by atoms with Gasteiger partial charge in [-0.2, -0.15) is 24.9 Å². The quantitative estimate of drug-likeness (QED) is 0.333. The van der Waals surface area contributed by atoms with E-state index >= 15 is 0 Å². The number of alkyl halides is 3. The van der Waals surface area contributed by atoms with Crippen LogP contribution in [0.3, 0.4) is 0 Å². The van der Waals surface area contributed by atoms with Gasteiger partial charge in [-0.3, -0.25) is 9.59 Å². The third-order valence-electron chi connectivity index (χ3n) is 4.75. The van der Waals surface area contributed by atoms with Gasteiger partial charge in [0.2, 0.25) is 0 Å². The van der Waals surface area contributed by atoms with Crippen LogP contribution >= 0.6 is 35.0 Å². The molecule has 30 heavy (non-hydrogen) atoms. The molecule has 0 bridgehead atoms. The van der Waals surface area contributed by atoms with E-state index in [2.05, 4.69) is 0 Å². The largest absolute Gasteiger partial charge is 0.417 e. The van der Waals surface area contributed by atoms with E-state index in [1.165, 1.54) is 24.3 Å². The summed E-state index contributed by atoms with van der Waals surface area (Å²) in [7, 11) is 0. The van der Waals surface area contributed by atoms with Crippen LogP contribution in [0.1, 0.15) is 38.3 Å². The summed E-state index contributed by atoms with van der Waals surface area (Å²) >= 11 is 13.4. The van der Waals surface area contributed by atoms with Crippen molar-refractivity contribution in [2.24, 2.45) is 5.92 Å². The number of Topliss-reactive ketones (excluding diaryl/α,β-unsaturated/α-hetero) is 1. The highest BCUT2D eigenvalue weighted by Crippen LogP contribution is 2.36. The van der Waals surface area contributed by atoms with Crippen molar-refractivity contribution in [1.82, 2.24) is 0 Å². The van der Waals surface area contributed by atoms with Gasteiger partial charge < -0.3 is 0 Å². The van der Waals surface area contributed by atoms with Gasteiger partial charge in [-0.1, -0.05) is 35.3 Å². The predicted octanol–water partition coefficient (Wildman–Crippen LogP) is 7.07. The number of halogens is 5. The Morgan fingerprint density at radius 2 is 1.70 bits per heavy atom. The molecule has 158 valence electrons. The number of allylic oxidation sites excluding steroid dienone is 2. The summed E-state index contributed by atoms with van der Waals surface area (Å²) in [6.45, 7) is 1.67. The number of hydrogen-bond donors (Lipinski definition) is 0. The Hall–Kier alpha value is -1.76. The smallest absolute Gasteiger partial charge is 0.294 e. The highest BCUT2D eigenvalue weighted by molar-refractivity contribution is 8.00. The van der Waals surface area contributed by atoms with Crippen LogP contribution in [0.15, 0.2) is 42.5 Å². The monoisotopic (exact) mass is 472 g/mol. The van der Waals surface area contributed by atoms with Crippen molar-refractivity contribution in [2.45, 2.75) is 19.5 Å². The fourth-order valence-electron chi connectivity index (χ4n) is 3.16. The van der Waals surface area contributed by atoms with E-state index in [-0.39, 0.29) is 27.0 Å². The first-order chi connectivity index (χ1) is 14.0. The van der Waals surface area contributed by atoms with E-state index in [1.807, 2.05) is 0 Å². The molecule has 1 fully saturated rings. The van der Waals surface area contributed by atoms with Crippen molar-refractivity contribution in [3.63, 3.8) is 0 Å². The van der Waals surface area contributed by atoms with Crippen molar-refractivity contribution >= 4 is 52.1 Å². The second-order valence-electron chi connectivity index (χ2n) is 7.14. The lowest BCUT2D eigenvalue weighted by molar-refractivity contribution is -0.0689. The topological polar surface area (TPSA) is 34.1 Å². The molecule has 8 heteroatoms. The summed E-state index contributed by atoms with van der Waals surface area (Å²) in [5.41, 5.74) is -0.318. The molecule has 0 saturated carbocycles. The molecule has 0 radical (unpaired) electrons. The lowest BCUT2D eigenvalue weighted by Crippen LogP contribution is -2.22. The van der Waals surface area contributed by atoms with E-state index in [0.29, 0.717) is 29.5 Å². The van der Waals surface area contributed by atoms with Crippen LogP contribution < -0.4 is 0 Å². The van der Waals surface area contributed by atoms with E-state index in [4.69, 9.17) is 23.2 Å². The van der Waals surface area contributed by atoms with Crippen molar-refractivity contribution < 1.29 is 22.8 Å². The van der Waals surface area contributed by atoms with E-state index in [9.17, 15) is 22.8 Å². The molecule has 0 amide bonds. The first kappa shape index (κ1) is 22.9. The summed E-state index contributed by atoms with van der Waals surface area (Å²) in [6, 6.07) is 7.85. The average Bonchev–Trinajstić information content (AvgIpc) is 2.60. The van der Waals surface area contributed by atoms with Crippen molar-refractivity contribution in [2.75, 3.05) is 11.5 Å². The maximum absolute atomic E-state index is 13.6. The Labute approximate surface area is 186 Å². The highest BCUT2D eigenvalue weighted by atomic mass is 35.5. The van der Waals surface area contributed by atoms with Gasteiger partial charge in [-0.05, 0) is 65.8 Å². The van der Waals surface area contributed by atoms with Crippen LogP contribution in [0.5, 0.6) is 0 Å². The summed E-state index contributed by atoms with van der Waals surface area (Å²) in [6.07, 6.45) is -3.81. The lowest BCUT2D eigenvalue weighted by Gasteiger charge is -2.24. The Morgan fingerprint density at radius 1 is 1.07 bits per heavy atom. The Balaban J connectivity index is 1.90. The van der Waals surface area contributed by atoms with Crippen LogP contribution in [0.25, 0.3) is 5.57 Å². The molecule has 2 aromatic carbocycles. The van der Waals surface area contributed by atoms with Gasteiger partial charge in [0.15, 0.2) is 11.6 Å². The maximum Gasteiger partial charge on any atom is 0.417 e. The molecule has 1 heterocycles. The average molecular weight is 473 g/mol. The second-order valence-corrected chi connectivity index (χ2v) is 9.09. The molecule has 0 aliphatic carbocycles. The Kier molecular flexibility index (Phi) is 7.00. The Morgan fingerprint density at radius 3 is 2.20 bits per heavy atom. The van der Waals surface area contributed by atoms with E-state index in [0.717, 1.165) is 23.6 Å². The van der Waals surface area contributed by atoms with Gasteiger partial charge in [0.25, 0.3) is 0 Å². The number of rotatable bonds is 6. The summed E-state index contributed by atoms with van der Waals surface area (Å²) in [5, 5.41) is 0.0624. The number of carbonyl (C=O) groups is 2. The molecule has 2 aromatic rings. The molecule has 0 N–H and O–H groups in total. The normalized spacial score (nSPS) is 15.1. The number of thioether (sulfide) groups is 1.